The fourth-order valence-corrected chi connectivity index (χ4v) is 3.11. The molecule has 1 N–H and O–H groups in total. The third-order valence-corrected chi connectivity index (χ3v) is 4.80. The molecule has 0 unspecified atom stereocenters. The third kappa shape index (κ3) is 3.91. The smallest absolute Gasteiger partial charge is 0.302 e. The summed E-state index contributed by atoms with van der Waals surface area (Å²) in [6, 6.07) is 16.6. The van der Waals surface area contributed by atoms with E-state index in [1.54, 1.807) is 24.4 Å². The third-order valence-electron chi connectivity index (χ3n) is 4.80. The number of hydrogen-bond acceptors (Lipinski definition) is 6. The van der Waals surface area contributed by atoms with Crippen molar-refractivity contribution in [1.82, 2.24) is 15.0 Å². The molecule has 150 valence electrons. The topological polar surface area (TPSA) is 88.2 Å². The lowest BCUT2D eigenvalue weighted by Crippen LogP contribution is -2.11. The van der Waals surface area contributed by atoms with E-state index in [9.17, 15) is 9.59 Å². The Morgan fingerprint density at radius 3 is 2.67 bits per heavy atom. The van der Waals surface area contributed by atoms with Gasteiger partial charge in [-0.1, -0.05) is 19.1 Å². The van der Waals surface area contributed by atoms with E-state index in [2.05, 4.69) is 15.0 Å². The molecule has 4 rings (SSSR count). The van der Waals surface area contributed by atoms with Crippen LogP contribution in [-0.4, -0.2) is 27.8 Å². The first-order chi connectivity index (χ1) is 14.5. The fourth-order valence-electron chi connectivity index (χ4n) is 3.11. The average molecular weight is 400 g/mol. The normalized spacial score (nSPS) is 10.7. The molecule has 0 saturated heterocycles. The highest BCUT2D eigenvalue weighted by molar-refractivity contribution is 5.96. The Morgan fingerprint density at radius 1 is 1.10 bits per heavy atom. The van der Waals surface area contributed by atoms with E-state index in [1.807, 2.05) is 55.3 Å². The van der Waals surface area contributed by atoms with E-state index >= 15 is 0 Å². The van der Waals surface area contributed by atoms with Crippen LogP contribution in [0.1, 0.15) is 23.7 Å². The first-order valence-corrected chi connectivity index (χ1v) is 9.54. The number of ketones is 1. The summed E-state index contributed by atoms with van der Waals surface area (Å²) in [5.41, 5.74) is 2.72. The molecule has 0 bridgehead atoms. The Bertz CT molecular complexity index is 1270. The summed E-state index contributed by atoms with van der Waals surface area (Å²) < 4.78 is 5.72. The summed E-state index contributed by atoms with van der Waals surface area (Å²) in [5.74, 6) is 0.648. The van der Waals surface area contributed by atoms with Crippen LogP contribution in [0, 0.1) is 0 Å². The molecular formula is C23H20N4O3. The lowest BCUT2D eigenvalue weighted by atomic mass is 10.1. The van der Waals surface area contributed by atoms with E-state index in [1.165, 1.54) is 6.20 Å². The average Bonchev–Trinajstić information content (AvgIpc) is 2.78. The molecule has 0 radical (unpaired) electrons. The first kappa shape index (κ1) is 19.3. The maximum absolute atomic E-state index is 12.2. The maximum Gasteiger partial charge on any atom is 0.302 e. The highest BCUT2D eigenvalue weighted by Gasteiger charge is 2.10. The molecule has 0 fully saturated rings. The lowest BCUT2D eigenvalue weighted by molar-refractivity contribution is 0.0988. The summed E-state index contributed by atoms with van der Waals surface area (Å²) in [6.45, 7) is 1.85. The SMILES string of the molecule is CCC(=O)c1cccc(N(C)c2ccc(Oc3nc4cnccc4c(=O)[nH]3)cc2)c1. The molecule has 0 aliphatic heterocycles. The summed E-state index contributed by atoms with van der Waals surface area (Å²) in [7, 11) is 1.93. The Labute approximate surface area is 173 Å². The van der Waals surface area contributed by atoms with Crippen molar-refractivity contribution in [1.29, 1.82) is 0 Å². The van der Waals surface area contributed by atoms with Crippen molar-refractivity contribution in [2.45, 2.75) is 13.3 Å². The summed E-state index contributed by atoms with van der Waals surface area (Å²) in [6.07, 6.45) is 3.54. The van der Waals surface area contributed by atoms with Gasteiger partial charge in [0.1, 0.15) is 5.75 Å². The number of rotatable bonds is 6. The van der Waals surface area contributed by atoms with Crippen LogP contribution in [0.2, 0.25) is 0 Å². The molecule has 2 aromatic carbocycles. The number of fused-ring (bicyclic) bond motifs is 1. The molecule has 0 spiro atoms. The highest BCUT2D eigenvalue weighted by atomic mass is 16.5. The quantitative estimate of drug-likeness (QED) is 0.481. The van der Waals surface area contributed by atoms with Crippen LogP contribution in [0.5, 0.6) is 11.8 Å². The molecule has 0 aliphatic carbocycles. The number of ether oxygens (including phenoxy) is 1. The Balaban J connectivity index is 1.54. The molecule has 0 atom stereocenters. The molecule has 4 aromatic rings. The second-order valence-corrected chi connectivity index (χ2v) is 6.75. The van der Waals surface area contributed by atoms with Gasteiger partial charge in [-0.15, -0.1) is 0 Å². The van der Waals surface area contributed by atoms with E-state index < -0.39 is 0 Å². The number of aromatic amines is 1. The molecule has 0 saturated carbocycles. The van der Waals surface area contributed by atoms with Gasteiger partial charge in [-0.3, -0.25) is 19.6 Å². The number of carbonyl (C=O) groups is 1. The van der Waals surface area contributed by atoms with Crippen molar-refractivity contribution in [3.05, 3.63) is 82.9 Å². The van der Waals surface area contributed by atoms with Gasteiger partial charge in [0.2, 0.25) is 0 Å². The molecule has 7 nitrogen and oxygen atoms in total. The zero-order valence-corrected chi connectivity index (χ0v) is 16.6. The molecule has 0 aliphatic rings. The maximum atomic E-state index is 12.2. The van der Waals surface area contributed by atoms with Crippen LogP contribution < -0.4 is 15.2 Å². The van der Waals surface area contributed by atoms with Gasteiger partial charge in [-0.05, 0) is 42.5 Å². The zero-order valence-electron chi connectivity index (χ0n) is 16.6. The number of anilines is 2. The van der Waals surface area contributed by atoms with E-state index in [0.29, 0.717) is 28.6 Å². The lowest BCUT2D eigenvalue weighted by Gasteiger charge is -2.20. The van der Waals surface area contributed by atoms with Crippen molar-refractivity contribution >= 4 is 28.1 Å². The molecule has 2 aromatic heterocycles. The number of nitrogens with one attached hydrogen (secondary N) is 1. The van der Waals surface area contributed by atoms with Gasteiger partial charge in [-0.25, -0.2) is 0 Å². The van der Waals surface area contributed by atoms with Crippen LogP contribution in [0.25, 0.3) is 10.9 Å². The van der Waals surface area contributed by atoms with Crippen molar-refractivity contribution in [3.63, 3.8) is 0 Å². The Morgan fingerprint density at radius 2 is 1.90 bits per heavy atom. The van der Waals surface area contributed by atoms with E-state index in [-0.39, 0.29) is 17.4 Å². The minimum Gasteiger partial charge on any atom is -0.426 e. The van der Waals surface area contributed by atoms with Crippen molar-refractivity contribution in [2.24, 2.45) is 0 Å². The van der Waals surface area contributed by atoms with Gasteiger partial charge in [0.25, 0.3) is 5.56 Å². The minimum absolute atomic E-state index is 0.104. The Kier molecular flexibility index (Phi) is 5.26. The van der Waals surface area contributed by atoms with Gasteiger partial charge < -0.3 is 9.64 Å². The van der Waals surface area contributed by atoms with Crippen molar-refractivity contribution in [2.75, 3.05) is 11.9 Å². The van der Waals surface area contributed by atoms with Crippen LogP contribution in [0.15, 0.2) is 71.8 Å². The van der Waals surface area contributed by atoms with Crippen LogP contribution in [-0.2, 0) is 0 Å². The van der Waals surface area contributed by atoms with Crippen molar-refractivity contribution < 1.29 is 9.53 Å². The largest absolute Gasteiger partial charge is 0.426 e. The van der Waals surface area contributed by atoms with Gasteiger partial charge in [0.15, 0.2) is 5.78 Å². The van der Waals surface area contributed by atoms with Crippen molar-refractivity contribution in [3.8, 4) is 11.8 Å². The fraction of sp³-hybridized carbons (Fsp3) is 0.130. The molecule has 7 heteroatoms. The number of benzene rings is 2. The summed E-state index contributed by atoms with van der Waals surface area (Å²) >= 11 is 0. The number of pyridine rings is 1. The highest BCUT2D eigenvalue weighted by Crippen LogP contribution is 2.27. The van der Waals surface area contributed by atoms with Gasteiger partial charge in [-0.2, -0.15) is 4.98 Å². The predicted molar refractivity (Wildman–Crippen MR) is 116 cm³/mol. The molecule has 30 heavy (non-hydrogen) atoms. The number of aromatic nitrogens is 3. The number of carbonyl (C=O) groups excluding carboxylic acids is 1. The standard InChI is InChI=1S/C23H20N4O3/c1-3-21(28)15-5-4-6-17(13-15)27(2)16-7-9-18(10-8-16)30-23-25-20-14-24-12-11-19(20)22(29)26-23/h4-14H,3H2,1-2H3,(H,25,26,29). The zero-order chi connectivity index (χ0) is 21.1. The van der Waals surface area contributed by atoms with Crippen LogP contribution >= 0.6 is 0 Å². The molecular weight excluding hydrogens is 380 g/mol. The predicted octanol–water partition coefficient (Wildman–Crippen LogP) is 4.47. The second-order valence-electron chi connectivity index (χ2n) is 6.75. The van der Waals surface area contributed by atoms with E-state index in [4.69, 9.17) is 4.74 Å². The summed E-state index contributed by atoms with van der Waals surface area (Å²) in [4.78, 5) is 37.0. The molecule has 0 amide bonds. The number of nitrogens with zero attached hydrogens (tertiary/aromatic N) is 3. The van der Waals surface area contributed by atoms with Gasteiger partial charge in [0.05, 0.1) is 17.1 Å². The van der Waals surface area contributed by atoms with Crippen LogP contribution in [0.4, 0.5) is 11.4 Å². The van der Waals surface area contributed by atoms with Gasteiger partial charge in [0, 0.05) is 36.6 Å². The van der Waals surface area contributed by atoms with Crippen LogP contribution in [0.3, 0.4) is 0 Å². The minimum atomic E-state index is -0.282. The monoisotopic (exact) mass is 400 g/mol. The van der Waals surface area contributed by atoms with Gasteiger partial charge >= 0.3 is 6.01 Å². The Hall–Kier alpha value is -4.00. The molecule has 2 heterocycles. The van der Waals surface area contributed by atoms with E-state index in [0.717, 1.165) is 11.4 Å². The summed E-state index contributed by atoms with van der Waals surface area (Å²) in [5, 5.41) is 0.457. The number of hydrogen-bond donors (Lipinski definition) is 1. The number of Topliss-reactive ketones (excluding diaryl/α,β-unsaturated/α-hetero) is 1. The second kappa shape index (κ2) is 8.16. The first-order valence-electron chi connectivity index (χ1n) is 9.54. The number of H-pyrrole nitrogens is 1.